The molecule has 0 radical (unpaired) electrons. The molecule has 2 rings (SSSR count). The van der Waals surface area contributed by atoms with Crippen LogP contribution in [-0.4, -0.2) is 29.1 Å². The lowest BCUT2D eigenvalue weighted by atomic mass is 10.1. The molecule has 26 heavy (non-hydrogen) atoms. The summed E-state index contributed by atoms with van der Waals surface area (Å²) in [5.41, 5.74) is 7.51. The Kier molecular flexibility index (Phi) is 6.30. The molecule has 1 aromatic carbocycles. The van der Waals surface area contributed by atoms with Crippen LogP contribution in [0.4, 0.5) is 10.5 Å². The molecule has 4 N–H and O–H groups in total. The summed E-state index contributed by atoms with van der Waals surface area (Å²) in [5, 5.41) is 5.42. The van der Waals surface area contributed by atoms with Gasteiger partial charge in [0.25, 0.3) is 5.91 Å². The fourth-order valence-corrected chi connectivity index (χ4v) is 2.15. The highest BCUT2D eigenvalue weighted by molar-refractivity contribution is 6.04. The fraction of sp³-hybridized carbons (Fsp3) is 0.316. The van der Waals surface area contributed by atoms with Gasteiger partial charge in [0.1, 0.15) is 5.60 Å². The van der Waals surface area contributed by atoms with E-state index in [4.69, 9.17) is 10.5 Å². The summed E-state index contributed by atoms with van der Waals surface area (Å²) in [4.78, 5) is 27.8. The van der Waals surface area contributed by atoms with Gasteiger partial charge >= 0.3 is 6.09 Å². The molecule has 1 aromatic heterocycles. The standard InChI is InChI=1S/C19H24N4O3/c1-19(2,3)26-18(25)22-12-16(20)13-4-6-14(7-5-13)17(24)23-15-8-10-21-11-9-15/h4-11,16H,12,20H2,1-3H3,(H,22,25)(H,21,23,24). The van der Waals surface area contributed by atoms with Crippen LogP contribution in [-0.2, 0) is 4.74 Å². The number of anilines is 1. The summed E-state index contributed by atoms with van der Waals surface area (Å²) in [6.07, 6.45) is 2.70. The van der Waals surface area contributed by atoms with Crippen molar-refractivity contribution in [2.24, 2.45) is 5.73 Å². The molecule has 0 aliphatic carbocycles. The van der Waals surface area contributed by atoms with Crippen molar-refractivity contribution in [1.82, 2.24) is 10.3 Å². The number of nitrogens with one attached hydrogen (secondary N) is 2. The van der Waals surface area contributed by atoms with Crippen molar-refractivity contribution in [2.45, 2.75) is 32.4 Å². The van der Waals surface area contributed by atoms with Gasteiger partial charge in [-0.15, -0.1) is 0 Å². The highest BCUT2D eigenvalue weighted by Gasteiger charge is 2.17. The molecule has 7 nitrogen and oxygen atoms in total. The minimum Gasteiger partial charge on any atom is -0.444 e. The van der Waals surface area contributed by atoms with Crippen LogP contribution in [0.25, 0.3) is 0 Å². The SMILES string of the molecule is CC(C)(C)OC(=O)NCC(N)c1ccc(C(=O)Nc2ccncc2)cc1. The van der Waals surface area contributed by atoms with E-state index in [9.17, 15) is 9.59 Å². The van der Waals surface area contributed by atoms with Gasteiger partial charge in [-0.05, 0) is 50.6 Å². The minimum atomic E-state index is -0.558. The zero-order valence-corrected chi connectivity index (χ0v) is 15.2. The number of nitrogens with two attached hydrogens (primary N) is 1. The maximum absolute atomic E-state index is 12.2. The van der Waals surface area contributed by atoms with Gasteiger partial charge in [-0.1, -0.05) is 12.1 Å². The first-order valence-corrected chi connectivity index (χ1v) is 8.28. The fourth-order valence-electron chi connectivity index (χ4n) is 2.15. The smallest absolute Gasteiger partial charge is 0.407 e. The molecule has 0 saturated carbocycles. The Morgan fingerprint density at radius 1 is 1.12 bits per heavy atom. The van der Waals surface area contributed by atoms with Crippen molar-refractivity contribution >= 4 is 17.7 Å². The first kappa shape index (κ1) is 19.4. The van der Waals surface area contributed by atoms with Crippen molar-refractivity contribution in [3.05, 3.63) is 59.9 Å². The molecule has 0 aliphatic rings. The predicted molar refractivity (Wildman–Crippen MR) is 99.8 cm³/mol. The van der Waals surface area contributed by atoms with E-state index in [0.717, 1.165) is 5.56 Å². The summed E-state index contributed by atoms with van der Waals surface area (Å²) in [6.45, 7) is 5.62. The Morgan fingerprint density at radius 2 is 1.73 bits per heavy atom. The Labute approximate surface area is 153 Å². The van der Waals surface area contributed by atoms with Crippen LogP contribution in [0.1, 0.15) is 42.7 Å². The predicted octanol–water partition coefficient (Wildman–Crippen LogP) is 2.86. The molecule has 7 heteroatoms. The third-order valence-electron chi connectivity index (χ3n) is 3.40. The third kappa shape index (κ3) is 6.18. The number of hydrogen-bond acceptors (Lipinski definition) is 5. The molecule has 0 fully saturated rings. The molecule has 1 heterocycles. The van der Waals surface area contributed by atoms with Gasteiger partial charge in [0, 0.05) is 36.2 Å². The molecule has 138 valence electrons. The van der Waals surface area contributed by atoms with Crippen molar-refractivity contribution in [2.75, 3.05) is 11.9 Å². The number of benzene rings is 1. The highest BCUT2D eigenvalue weighted by Crippen LogP contribution is 2.13. The zero-order valence-electron chi connectivity index (χ0n) is 15.2. The molecular formula is C19H24N4O3. The van der Waals surface area contributed by atoms with E-state index < -0.39 is 17.7 Å². The van der Waals surface area contributed by atoms with E-state index in [1.165, 1.54) is 0 Å². The monoisotopic (exact) mass is 356 g/mol. The number of rotatable bonds is 5. The van der Waals surface area contributed by atoms with Gasteiger partial charge in [-0.2, -0.15) is 0 Å². The van der Waals surface area contributed by atoms with E-state index in [2.05, 4.69) is 15.6 Å². The largest absolute Gasteiger partial charge is 0.444 e. The quantitative estimate of drug-likeness (QED) is 0.764. The lowest BCUT2D eigenvalue weighted by Gasteiger charge is -2.21. The maximum Gasteiger partial charge on any atom is 0.407 e. The number of pyridine rings is 1. The van der Waals surface area contributed by atoms with Crippen molar-refractivity contribution in [3.8, 4) is 0 Å². The number of ether oxygens (including phenoxy) is 1. The van der Waals surface area contributed by atoms with Gasteiger partial charge in [0.05, 0.1) is 0 Å². The lowest BCUT2D eigenvalue weighted by Crippen LogP contribution is -2.36. The first-order chi connectivity index (χ1) is 12.2. The summed E-state index contributed by atoms with van der Waals surface area (Å²) in [7, 11) is 0. The molecular weight excluding hydrogens is 332 g/mol. The molecule has 0 saturated heterocycles. The second kappa shape index (κ2) is 8.44. The molecule has 2 amide bonds. The van der Waals surface area contributed by atoms with Crippen LogP contribution in [0.3, 0.4) is 0 Å². The lowest BCUT2D eigenvalue weighted by molar-refractivity contribution is 0.0524. The van der Waals surface area contributed by atoms with Crippen LogP contribution in [0.2, 0.25) is 0 Å². The molecule has 1 unspecified atom stereocenters. The molecule has 1 atom stereocenters. The maximum atomic E-state index is 12.2. The summed E-state index contributed by atoms with van der Waals surface area (Å²) < 4.78 is 5.17. The van der Waals surface area contributed by atoms with Crippen molar-refractivity contribution < 1.29 is 14.3 Å². The van der Waals surface area contributed by atoms with Crippen LogP contribution >= 0.6 is 0 Å². The van der Waals surface area contributed by atoms with E-state index in [0.29, 0.717) is 11.3 Å². The average Bonchev–Trinajstić information content (AvgIpc) is 2.59. The summed E-state index contributed by atoms with van der Waals surface area (Å²) in [6, 6.07) is 9.94. The molecule has 2 aromatic rings. The summed E-state index contributed by atoms with van der Waals surface area (Å²) in [5.74, 6) is -0.219. The summed E-state index contributed by atoms with van der Waals surface area (Å²) >= 11 is 0. The van der Waals surface area contributed by atoms with Crippen LogP contribution in [0.15, 0.2) is 48.8 Å². The van der Waals surface area contributed by atoms with Crippen LogP contribution in [0.5, 0.6) is 0 Å². The van der Waals surface area contributed by atoms with Gasteiger partial charge in [-0.3, -0.25) is 9.78 Å². The second-order valence-electron chi connectivity index (χ2n) is 6.80. The number of nitrogens with zero attached hydrogens (tertiary/aromatic N) is 1. The number of amides is 2. The number of aromatic nitrogens is 1. The van der Waals surface area contributed by atoms with E-state index in [1.807, 2.05) is 0 Å². The van der Waals surface area contributed by atoms with Gasteiger partial charge < -0.3 is 21.1 Å². The van der Waals surface area contributed by atoms with E-state index in [-0.39, 0.29) is 12.5 Å². The van der Waals surface area contributed by atoms with Crippen LogP contribution in [0, 0.1) is 0 Å². The van der Waals surface area contributed by atoms with E-state index >= 15 is 0 Å². The first-order valence-electron chi connectivity index (χ1n) is 8.28. The third-order valence-corrected chi connectivity index (χ3v) is 3.40. The number of alkyl carbamates (subject to hydrolysis) is 1. The Balaban J connectivity index is 1.89. The second-order valence-corrected chi connectivity index (χ2v) is 6.80. The number of carbonyl (C=O) groups is 2. The van der Waals surface area contributed by atoms with Gasteiger partial charge in [-0.25, -0.2) is 4.79 Å². The number of carbonyl (C=O) groups excluding carboxylic acids is 2. The average molecular weight is 356 g/mol. The Hall–Kier alpha value is -2.93. The van der Waals surface area contributed by atoms with Gasteiger partial charge in [0.15, 0.2) is 0 Å². The normalized spacial score (nSPS) is 12.2. The van der Waals surface area contributed by atoms with Crippen molar-refractivity contribution in [1.29, 1.82) is 0 Å². The molecule has 0 bridgehead atoms. The van der Waals surface area contributed by atoms with Crippen molar-refractivity contribution in [3.63, 3.8) is 0 Å². The molecule has 0 spiro atoms. The van der Waals surface area contributed by atoms with Gasteiger partial charge in [0.2, 0.25) is 0 Å². The Morgan fingerprint density at radius 3 is 2.31 bits per heavy atom. The zero-order chi connectivity index (χ0) is 19.2. The number of hydrogen-bond donors (Lipinski definition) is 3. The van der Waals surface area contributed by atoms with Crippen LogP contribution < -0.4 is 16.4 Å². The Bertz CT molecular complexity index is 740. The molecule has 0 aliphatic heterocycles. The van der Waals surface area contributed by atoms with E-state index in [1.54, 1.807) is 69.6 Å². The highest BCUT2D eigenvalue weighted by atomic mass is 16.6. The topological polar surface area (TPSA) is 106 Å². The minimum absolute atomic E-state index is 0.219.